The topological polar surface area (TPSA) is 88.9 Å². The Balaban J connectivity index is 1.45. The third-order valence-corrected chi connectivity index (χ3v) is 4.43. The molecule has 1 aromatic heterocycles. The van der Waals surface area contributed by atoms with Crippen molar-refractivity contribution in [2.24, 2.45) is 0 Å². The number of hydrogen-bond acceptors (Lipinski definition) is 4. The van der Waals surface area contributed by atoms with Gasteiger partial charge < -0.3 is 10.6 Å². The van der Waals surface area contributed by atoms with E-state index in [9.17, 15) is 9.59 Å². The lowest BCUT2D eigenvalue weighted by molar-refractivity contribution is -0.126. The predicted octanol–water partition coefficient (Wildman–Crippen LogP) is 1.72. The van der Waals surface area contributed by atoms with E-state index in [1.807, 2.05) is 24.3 Å². The van der Waals surface area contributed by atoms with Crippen LogP contribution >= 0.6 is 0 Å². The third-order valence-electron chi connectivity index (χ3n) is 4.43. The molecule has 1 aliphatic rings. The van der Waals surface area contributed by atoms with Gasteiger partial charge in [-0.25, -0.2) is 9.67 Å². The van der Waals surface area contributed by atoms with E-state index in [1.165, 1.54) is 19.2 Å². The van der Waals surface area contributed by atoms with Gasteiger partial charge in [-0.2, -0.15) is 5.10 Å². The lowest BCUT2D eigenvalue weighted by Crippen LogP contribution is -2.33. The fraction of sp³-hybridized carbons (Fsp3) is 0.444. The first-order chi connectivity index (χ1) is 12.2. The van der Waals surface area contributed by atoms with E-state index in [4.69, 9.17) is 0 Å². The molecule has 7 heteroatoms. The van der Waals surface area contributed by atoms with Crippen molar-refractivity contribution in [1.29, 1.82) is 0 Å². The smallest absolute Gasteiger partial charge is 0.220 e. The summed E-state index contributed by atoms with van der Waals surface area (Å²) in [5.41, 5.74) is 1.82. The van der Waals surface area contributed by atoms with Crippen LogP contribution in [-0.4, -0.2) is 32.6 Å². The standard InChI is InChI=1S/C18H23N5O2/c24-17(9-10-18(25)22-15-6-2-3-7-15)20-11-14-5-1-4-8-16(14)23-13-19-12-21-23/h1,4-5,8,12-13,15H,2-3,6-7,9-11H2,(H,20,24)(H,22,25). The van der Waals surface area contributed by atoms with Crippen molar-refractivity contribution in [2.75, 3.05) is 0 Å². The number of amides is 2. The van der Waals surface area contributed by atoms with Crippen molar-refractivity contribution in [3.63, 3.8) is 0 Å². The minimum atomic E-state index is -0.130. The summed E-state index contributed by atoms with van der Waals surface area (Å²) < 4.78 is 1.66. The third kappa shape index (κ3) is 4.89. The van der Waals surface area contributed by atoms with Crippen LogP contribution in [0.2, 0.25) is 0 Å². The number of para-hydroxylation sites is 1. The Morgan fingerprint density at radius 2 is 1.88 bits per heavy atom. The zero-order valence-electron chi connectivity index (χ0n) is 14.1. The van der Waals surface area contributed by atoms with Crippen molar-refractivity contribution in [3.05, 3.63) is 42.5 Å². The highest BCUT2D eigenvalue weighted by Crippen LogP contribution is 2.17. The summed E-state index contributed by atoms with van der Waals surface area (Å²) in [6, 6.07) is 7.98. The summed E-state index contributed by atoms with van der Waals surface area (Å²) in [6.45, 7) is 0.388. The molecule has 0 spiro atoms. The van der Waals surface area contributed by atoms with E-state index in [2.05, 4.69) is 20.7 Å². The Kier molecular flexibility index (Phi) is 5.77. The SMILES string of the molecule is O=C(CCC(=O)NC1CCCC1)NCc1ccccc1-n1cncn1. The molecule has 0 aliphatic heterocycles. The van der Waals surface area contributed by atoms with Crippen LogP contribution < -0.4 is 10.6 Å². The van der Waals surface area contributed by atoms with Crippen LogP contribution in [0, 0.1) is 0 Å². The fourth-order valence-corrected chi connectivity index (χ4v) is 3.10. The Morgan fingerprint density at radius 1 is 1.12 bits per heavy atom. The lowest BCUT2D eigenvalue weighted by atomic mass is 10.1. The molecule has 2 N–H and O–H groups in total. The van der Waals surface area contributed by atoms with Crippen LogP contribution in [0.1, 0.15) is 44.1 Å². The molecule has 132 valence electrons. The lowest BCUT2D eigenvalue weighted by Gasteiger charge is -2.12. The summed E-state index contributed by atoms with van der Waals surface area (Å²) in [5, 5.41) is 9.99. The summed E-state index contributed by atoms with van der Waals surface area (Å²) in [5.74, 6) is -0.167. The number of hydrogen-bond donors (Lipinski definition) is 2. The molecule has 0 saturated heterocycles. The molecule has 2 amide bonds. The number of nitrogens with zero attached hydrogens (tertiary/aromatic N) is 3. The van der Waals surface area contributed by atoms with Crippen molar-refractivity contribution < 1.29 is 9.59 Å². The Morgan fingerprint density at radius 3 is 2.64 bits per heavy atom. The van der Waals surface area contributed by atoms with Gasteiger partial charge in [-0.1, -0.05) is 31.0 Å². The van der Waals surface area contributed by atoms with Crippen LogP contribution in [0.3, 0.4) is 0 Å². The largest absolute Gasteiger partial charge is 0.353 e. The second kappa shape index (κ2) is 8.41. The van der Waals surface area contributed by atoms with E-state index < -0.39 is 0 Å². The van der Waals surface area contributed by atoms with E-state index >= 15 is 0 Å². The normalized spacial score (nSPS) is 14.4. The minimum absolute atomic E-state index is 0.0370. The summed E-state index contributed by atoms with van der Waals surface area (Å²) >= 11 is 0. The molecule has 1 aromatic carbocycles. The molecule has 3 rings (SSSR count). The molecule has 0 bridgehead atoms. The maximum atomic E-state index is 12.0. The van der Waals surface area contributed by atoms with Gasteiger partial charge in [0.15, 0.2) is 0 Å². The number of rotatable bonds is 7. The van der Waals surface area contributed by atoms with Crippen LogP contribution in [0.25, 0.3) is 5.69 Å². The first kappa shape index (κ1) is 17.1. The van der Waals surface area contributed by atoms with Crippen LogP contribution in [0.5, 0.6) is 0 Å². The number of carbonyl (C=O) groups excluding carboxylic acids is 2. The second-order valence-electron chi connectivity index (χ2n) is 6.29. The first-order valence-electron chi connectivity index (χ1n) is 8.71. The van der Waals surface area contributed by atoms with Gasteiger partial charge in [0.2, 0.25) is 11.8 Å². The maximum Gasteiger partial charge on any atom is 0.220 e. The van der Waals surface area contributed by atoms with Gasteiger partial charge >= 0.3 is 0 Å². The molecular formula is C18H23N5O2. The molecule has 1 fully saturated rings. The monoisotopic (exact) mass is 341 g/mol. The van der Waals surface area contributed by atoms with Crippen LogP contribution in [-0.2, 0) is 16.1 Å². The van der Waals surface area contributed by atoms with Crippen molar-refractivity contribution in [1.82, 2.24) is 25.4 Å². The number of nitrogens with one attached hydrogen (secondary N) is 2. The molecule has 0 radical (unpaired) electrons. The molecule has 0 atom stereocenters. The van der Waals surface area contributed by atoms with Crippen molar-refractivity contribution in [3.8, 4) is 5.69 Å². The van der Waals surface area contributed by atoms with E-state index in [1.54, 1.807) is 11.0 Å². The zero-order chi connectivity index (χ0) is 17.5. The minimum Gasteiger partial charge on any atom is -0.353 e. The highest BCUT2D eigenvalue weighted by Gasteiger charge is 2.17. The van der Waals surface area contributed by atoms with Crippen LogP contribution in [0.4, 0.5) is 0 Å². The summed E-state index contributed by atoms with van der Waals surface area (Å²) in [6.07, 6.45) is 7.98. The Bertz CT molecular complexity index is 708. The zero-order valence-corrected chi connectivity index (χ0v) is 14.1. The molecule has 1 heterocycles. The van der Waals surface area contributed by atoms with E-state index in [0.717, 1.165) is 24.1 Å². The van der Waals surface area contributed by atoms with Crippen LogP contribution in [0.15, 0.2) is 36.9 Å². The average molecular weight is 341 g/mol. The fourth-order valence-electron chi connectivity index (χ4n) is 3.10. The average Bonchev–Trinajstić information content (AvgIpc) is 3.32. The number of benzene rings is 1. The van der Waals surface area contributed by atoms with Gasteiger partial charge in [0, 0.05) is 25.4 Å². The van der Waals surface area contributed by atoms with E-state index in [-0.39, 0.29) is 24.7 Å². The van der Waals surface area contributed by atoms with Gasteiger partial charge in [0.1, 0.15) is 12.7 Å². The molecule has 1 saturated carbocycles. The number of aromatic nitrogens is 3. The summed E-state index contributed by atoms with van der Waals surface area (Å²) in [7, 11) is 0. The Hall–Kier alpha value is -2.70. The van der Waals surface area contributed by atoms with Crippen molar-refractivity contribution in [2.45, 2.75) is 51.1 Å². The number of carbonyl (C=O) groups is 2. The van der Waals surface area contributed by atoms with Gasteiger partial charge in [0.25, 0.3) is 0 Å². The van der Waals surface area contributed by atoms with Gasteiger partial charge in [-0.15, -0.1) is 0 Å². The molecule has 0 unspecified atom stereocenters. The van der Waals surface area contributed by atoms with E-state index in [0.29, 0.717) is 12.6 Å². The van der Waals surface area contributed by atoms with Gasteiger partial charge in [-0.3, -0.25) is 9.59 Å². The molecule has 7 nitrogen and oxygen atoms in total. The highest BCUT2D eigenvalue weighted by molar-refractivity contribution is 5.83. The Labute approximate surface area is 146 Å². The highest BCUT2D eigenvalue weighted by atomic mass is 16.2. The predicted molar refractivity (Wildman–Crippen MR) is 92.8 cm³/mol. The quantitative estimate of drug-likeness (QED) is 0.802. The van der Waals surface area contributed by atoms with Gasteiger partial charge in [-0.05, 0) is 24.5 Å². The van der Waals surface area contributed by atoms with Crippen molar-refractivity contribution >= 4 is 11.8 Å². The second-order valence-corrected chi connectivity index (χ2v) is 6.29. The first-order valence-corrected chi connectivity index (χ1v) is 8.71. The molecular weight excluding hydrogens is 318 g/mol. The summed E-state index contributed by atoms with van der Waals surface area (Å²) in [4.78, 5) is 27.9. The molecule has 1 aliphatic carbocycles. The van der Waals surface area contributed by atoms with Gasteiger partial charge in [0.05, 0.1) is 5.69 Å². The molecule has 25 heavy (non-hydrogen) atoms. The maximum absolute atomic E-state index is 12.0. The molecule has 2 aromatic rings.